The molecule has 146 valence electrons. The van der Waals surface area contributed by atoms with Crippen molar-refractivity contribution < 1.29 is 28.3 Å². The second kappa shape index (κ2) is 7.42. The molecule has 0 unspecified atom stereocenters. The minimum absolute atomic E-state index is 0.250. The van der Waals surface area contributed by atoms with Gasteiger partial charge in [0.05, 0.1) is 6.54 Å². The normalized spacial score (nSPS) is 18.1. The van der Waals surface area contributed by atoms with E-state index >= 15 is 0 Å². The molecule has 1 saturated heterocycles. The van der Waals surface area contributed by atoms with Crippen LogP contribution in [0.4, 0.5) is 4.79 Å². The van der Waals surface area contributed by atoms with Crippen molar-refractivity contribution in [3.8, 4) is 0 Å². The van der Waals surface area contributed by atoms with Crippen LogP contribution in [0.1, 0.15) is 37.2 Å². The van der Waals surface area contributed by atoms with Gasteiger partial charge in [-0.3, -0.25) is 19.3 Å². The fourth-order valence-corrected chi connectivity index (χ4v) is 3.46. The molecule has 1 spiro atoms. The summed E-state index contributed by atoms with van der Waals surface area (Å²) in [5.41, 5.74) is -0.866. The summed E-state index contributed by atoms with van der Waals surface area (Å²) < 4.78 is 10.3. The van der Waals surface area contributed by atoms with Gasteiger partial charge in [-0.25, -0.2) is 4.79 Å². The van der Waals surface area contributed by atoms with E-state index < -0.39 is 42.5 Å². The SMILES string of the molecule is Cc1ccc(CN(C)C(=O)COC(=O)CN2C(=O)NC3(CCCC3)C2=O)o1. The summed E-state index contributed by atoms with van der Waals surface area (Å²) in [6.07, 6.45) is 2.89. The first-order valence-corrected chi connectivity index (χ1v) is 8.90. The molecular weight excluding hydrogens is 354 g/mol. The van der Waals surface area contributed by atoms with E-state index in [-0.39, 0.29) is 6.54 Å². The van der Waals surface area contributed by atoms with E-state index in [2.05, 4.69) is 5.32 Å². The average Bonchev–Trinajstić information content (AvgIpc) is 3.31. The van der Waals surface area contributed by atoms with Crippen LogP contribution in [0.15, 0.2) is 16.5 Å². The summed E-state index contributed by atoms with van der Waals surface area (Å²) in [7, 11) is 1.56. The highest BCUT2D eigenvalue weighted by Gasteiger charge is 2.52. The van der Waals surface area contributed by atoms with Crippen LogP contribution >= 0.6 is 0 Å². The van der Waals surface area contributed by atoms with Gasteiger partial charge < -0.3 is 19.4 Å². The number of nitrogens with one attached hydrogen (secondary N) is 1. The Bertz CT molecular complexity index is 765. The van der Waals surface area contributed by atoms with Gasteiger partial charge in [0.2, 0.25) is 0 Å². The smallest absolute Gasteiger partial charge is 0.326 e. The first kappa shape index (κ1) is 18.9. The molecule has 1 saturated carbocycles. The van der Waals surface area contributed by atoms with E-state index in [1.165, 1.54) is 4.90 Å². The average molecular weight is 377 g/mol. The predicted octanol–water partition coefficient (Wildman–Crippen LogP) is 0.954. The van der Waals surface area contributed by atoms with Gasteiger partial charge in [0.25, 0.3) is 11.8 Å². The fraction of sp³-hybridized carbons (Fsp3) is 0.556. The number of urea groups is 1. The Hall–Kier alpha value is -2.84. The Morgan fingerprint density at radius 2 is 2.00 bits per heavy atom. The number of likely N-dealkylation sites (N-methyl/N-ethyl adjacent to an activating group) is 1. The summed E-state index contributed by atoms with van der Waals surface area (Å²) in [5, 5.41) is 2.69. The number of hydrogen-bond donors (Lipinski definition) is 1. The number of ether oxygens (including phenoxy) is 1. The number of hydrogen-bond acceptors (Lipinski definition) is 6. The Balaban J connectivity index is 1.47. The van der Waals surface area contributed by atoms with Crippen molar-refractivity contribution in [1.29, 1.82) is 0 Å². The molecule has 9 heteroatoms. The summed E-state index contributed by atoms with van der Waals surface area (Å²) in [4.78, 5) is 50.8. The van der Waals surface area contributed by atoms with Gasteiger partial charge in [-0.1, -0.05) is 12.8 Å². The standard InChI is InChI=1S/C18H23N3O6/c1-12-5-6-13(27-12)9-20(2)14(22)11-26-15(23)10-21-16(24)18(19-17(21)25)7-3-4-8-18/h5-6H,3-4,7-11H2,1-2H3,(H,19,25). The van der Waals surface area contributed by atoms with E-state index in [0.717, 1.165) is 23.5 Å². The van der Waals surface area contributed by atoms with E-state index in [1.54, 1.807) is 26.1 Å². The highest BCUT2D eigenvalue weighted by Crippen LogP contribution is 2.34. The summed E-state index contributed by atoms with van der Waals surface area (Å²) in [5.74, 6) is -0.244. The Morgan fingerprint density at radius 3 is 2.63 bits per heavy atom. The lowest BCUT2D eigenvalue weighted by molar-refractivity contribution is -0.153. The van der Waals surface area contributed by atoms with Crippen molar-refractivity contribution >= 4 is 23.8 Å². The third-order valence-electron chi connectivity index (χ3n) is 4.96. The molecule has 1 N–H and O–H groups in total. The van der Waals surface area contributed by atoms with Crippen molar-refractivity contribution in [1.82, 2.24) is 15.1 Å². The van der Waals surface area contributed by atoms with Crippen molar-refractivity contribution in [3.05, 3.63) is 23.7 Å². The number of imide groups is 1. The molecule has 3 rings (SSSR count). The number of aryl methyl sites for hydroxylation is 1. The molecule has 2 fully saturated rings. The van der Waals surface area contributed by atoms with Crippen LogP contribution in [-0.4, -0.2) is 59.4 Å². The number of carbonyl (C=O) groups excluding carboxylic acids is 4. The zero-order chi connectivity index (χ0) is 19.6. The molecule has 9 nitrogen and oxygen atoms in total. The molecule has 1 aromatic rings. The Morgan fingerprint density at radius 1 is 1.30 bits per heavy atom. The second-order valence-electron chi connectivity index (χ2n) is 7.03. The number of carbonyl (C=O) groups is 4. The largest absolute Gasteiger partial charge is 0.464 e. The lowest BCUT2D eigenvalue weighted by Gasteiger charge is -2.20. The van der Waals surface area contributed by atoms with E-state index in [4.69, 9.17) is 9.15 Å². The zero-order valence-electron chi connectivity index (χ0n) is 15.4. The van der Waals surface area contributed by atoms with Gasteiger partial charge in [0, 0.05) is 7.05 Å². The molecule has 1 aromatic heterocycles. The molecule has 0 radical (unpaired) electrons. The minimum Gasteiger partial charge on any atom is -0.464 e. The summed E-state index contributed by atoms with van der Waals surface area (Å²) in [6.45, 7) is 1.09. The van der Waals surface area contributed by atoms with E-state index in [0.29, 0.717) is 18.6 Å². The molecule has 0 atom stereocenters. The summed E-state index contributed by atoms with van der Waals surface area (Å²) >= 11 is 0. The van der Waals surface area contributed by atoms with E-state index in [9.17, 15) is 19.2 Å². The topological polar surface area (TPSA) is 109 Å². The lowest BCUT2D eigenvalue weighted by Crippen LogP contribution is -2.44. The number of furan rings is 1. The molecule has 27 heavy (non-hydrogen) atoms. The van der Waals surface area contributed by atoms with Crippen molar-refractivity contribution in [2.45, 2.75) is 44.7 Å². The maximum Gasteiger partial charge on any atom is 0.326 e. The fourth-order valence-electron chi connectivity index (χ4n) is 3.46. The minimum atomic E-state index is -0.866. The Kier molecular flexibility index (Phi) is 5.20. The first-order chi connectivity index (χ1) is 12.8. The maximum absolute atomic E-state index is 12.5. The molecule has 2 heterocycles. The van der Waals surface area contributed by atoms with Crippen LogP contribution < -0.4 is 5.32 Å². The van der Waals surface area contributed by atoms with Crippen molar-refractivity contribution in [2.75, 3.05) is 20.2 Å². The van der Waals surface area contributed by atoms with Crippen LogP contribution in [0.3, 0.4) is 0 Å². The number of esters is 1. The van der Waals surface area contributed by atoms with Crippen LogP contribution in [0.5, 0.6) is 0 Å². The highest BCUT2D eigenvalue weighted by atomic mass is 16.5. The summed E-state index contributed by atoms with van der Waals surface area (Å²) in [6, 6.07) is 2.97. The second-order valence-corrected chi connectivity index (χ2v) is 7.03. The van der Waals surface area contributed by atoms with Crippen LogP contribution in [-0.2, 0) is 25.7 Å². The van der Waals surface area contributed by atoms with Crippen LogP contribution in [0.2, 0.25) is 0 Å². The molecule has 0 aromatic carbocycles. The number of amides is 4. The lowest BCUT2D eigenvalue weighted by atomic mass is 9.98. The van der Waals surface area contributed by atoms with Gasteiger partial charge in [0.15, 0.2) is 6.61 Å². The molecule has 4 amide bonds. The molecular formula is C18H23N3O6. The third kappa shape index (κ3) is 3.96. The van der Waals surface area contributed by atoms with Crippen LogP contribution in [0.25, 0.3) is 0 Å². The first-order valence-electron chi connectivity index (χ1n) is 8.90. The molecule has 0 bridgehead atoms. The van der Waals surface area contributed by atoms with Crippen LogP contribution in [0, 0.1) is 6.92 Å². The third-order valence-corrected chi connectivity index (χ3v) is 4.96. The van der Waals surface area contributed by atoms with Gasteiger partial charge in [-0.05, 0) is 31.9 Å². The monoisotopic (exact) mass is 377 g/mol. The molecule has 1 aliphatic heterocycles. The predicted molar refractivity (Wildman–Crippen MR) is 92.3 cm³/mol. The van der Waals surface area contributed by atoms with E-state index in [1.807, 2.05) is 0 Å². The molecule has 1 aliphatic carbocycles. The Labute approximate surface area is 156 Å². The maximum atomic E-state index is 12.5. The van der Waals surface area contributed by atoms with Gasteiger partial charge in [-0.2, -0.15) is 0 Å². The van der Waals surface area contributed by atoms with Gasteiger partial charge >= 0.3 is 12.0 Å². The molecule has 2 aliphatic rings. The quantitative estimate of drug-likeness (QED) is 0.584. The zero-order valence-corrected chi connectivity index (χ0v) is 15.4. The van der Waals surface area contributed by atoms with Gasteiger partial charge in [0.1, 0.15) is 23.6 Å². The highest BCUT2D eigenvalue weighted by molar-refractivity contribution is 6.08. The van der Waals surface area contributed by atoms with Crippen molar-refractivity contribution in [2.24, 2.45) is 0 Å². The number of nitrogens with zero attached hydrogens (tertiary/aromatic N) is 2. The van der Waals surface area contributed by atoms with Crippen molar-refractivity contribution in [3.63, 3.8) is 0 Å². The number of rotatable bonds is 6. The van der Waals surface area contributed by atoms with Gasteiger partial charge in [-0.15, -0.1) is 0 Å².